The van der Waals surface area contributed by atoms with E-state index >= 15 is 0 Å². The molecule has 1 saturated heterocycles. The molecule has 0 aliphatic carbocycles. The van der Waals surface area contributed by atoms with Crippen molar-refractivity contribution in [3.63, 3.8) is 0 Å². The van der Waals surface area contributed by atoms with Crippen molar-refractivity contribution in [1.82, 2.24) is 5.32 Å². The largest absolute Gasteiger partial charge is 0.376 e. The minimum atomic E-state index is -0.455. The number of nitrogens with one attached hydrogen (secondary N) is 1. The number of hydrogen-bond acceptors (Lipinski definition) is 2. The van der Waals surface area contributed by atoms with E-state index in [2.05, 4.69) is 5.32 Å². The lowest BCUT2D eigenvalue weighted by Crippen LogP contribution is -2.40. The van der Waals surface area contributed by atoms with E-state index in [-0.39, 0.29) is 28.6 Å². The molecule has 0 bridgehead atoms. The summed E-state index contributed by atoms with van der Waals surface area (Å²) in [5.41, 5.74) is 0.280. The third kappa shape index (κ3) is 3.00. The highest BCUT2D eigenvalue weighted by Crippen LogP contribution is 2.19. The summed E-state index contributed by atoms with van der Waals surface area (Å²) in [6.07, 6.45) is 2.01. The average molecular weight is 272 g/mol. The standard InChI is InChI=1S/C13H15ClFNO2/c1-8(12-3-2-6-18-12)16-13(17)10-5-4-9(15)7-11(10)14/h4-5,7-8,12H,2-3,6H2,1H3,(H,16,17)/t8-,12-/m1/s1. The first kappa shape index (κ1) is 13.3. The van der Waals surface area contributed by atoms with Gasteiger partial charge in [-0.05, 0) is 38.0 Å². The van der Waals surface area contributed by atoms with Crippen LogP contribution in [0.15, 0.2) is 18.2 Å². The zero-order valence-corrected chi connectivity index (χ0v) is 10.8. The maximum atomic E-state index is 12.9. The van der Waals surface area contributed by atoms with Gasteiger partial charge in [-0.15, -0.1) is 0 Å². The molecule has 1 fully saturated rings. The van der Waals surface area contributed by atoms with E-state index in [0.29, 0.717) is 0 Å². The van der Waals surface area contributed by atoms with E-state index in [9.17, 15) is 9.18 Å². The van der Waals surface area contributed by atoms with Crippen LogP contribution < -0.4 is 5.32 Å². The van der Waals surface area contributed by atoms with Crippen LogP contribution in [0.5, 0.6) is 0 Å². The van der Waals surface area contributed by atoms with Crippen molar-refractivity contribution < 1.29 is 13.9 Å². The van der Waals surface area contributed by atoms with Gasteiger partial charge in [0.25, 0.3) is 5.91 Å². The van der Waals surface area contributed by atoms with E-state index in [1.54, 1.807) is 0 Å². The molecule has 0 saturated carbocycles. The molecule has 1 aliphatic heterocycles. The first-order valence-electron chi connectivity index (χ1n) is 5.95. The molecule has 0 unspecified atom stereocenters. The number of rotatable bonds is 3. The Labute approximate surface area is 110 Å². The van der Waals surface area contributed by atoms with E-state index in [4.69, 9.17) is 16.3 Å². The number of carbonyl (C=O) groups is 1. The zero-order valence-electron chi connectivity index (χ0n) is 10.1. The van der Waals surface area contributed by atoms with Crippen molar-refractivity contribution in [3.8, 4) is 0 Å². The van der Waals surface area contributed by atoms with Crippen molar-refractivity contribution in [2.75, 3.05) is 6.61 Å². The van der Waals surface area contributed by atoms with Gasteiger partial charge in [-0.1, -0.05) is 11.6 Å². The molecule has 18 heavy (non-hydrogen) atoms. The number of halogens is 2. The average Bonchev–Trinajstić information content (AvgIpc) is 2.81. The van der Waals surface area contributed by atoms with Gasteiger partial charge >= 0.3 is 0 Å². The first-order chi connectivity index (χ1) is 8.58. The van der Waals surface area contributed by atoms with Crippen molar-refractivity contribution in [2.24, 2.45) is 0 Å². The normalized spacial score (nSPS) is 20.7. The Balaban J connectivity index is 2.02. The van der Waals surface area contributed by atoms with Gasteiger partial charge in [0, 0.05) is 6.61 Å². The molecule has 2 atom stereocenters. The summed E-state index contributed by atoms with van der Waals surface area (Å²) in [6, 6.07) is 3.65. The fourth-order valence-corrected chi connectivity index (χ4v) is 2.30. The Bertz CT molecular complexity index is 447. The van der Waals surface area contributed by atoms with Gasteiger partial charge in [0.05, 0.1) is 22.7 Å². The van der Waals surface area contributed by atoms with Crippen LogP contribution in [0, 0.1) is 5.82 Å². The van der Waals surface area contributed by atoms with Gasteiger partial charge in [-0.2, -0.15) is 0 Å². The van der Waals surface area contributed by atoms with Crippen molar-refractivity contribution in [1.29, 1.82) is 0 Å². The van der Waals surface area contributed by atoms with Crippen LogP contribution in [0.2, 0.25) is 5.02 Å². The highest BCUT2D eigenvalue weighted by molar-refractivity contribution is 6.33. The minimum absolute atomic E-state index is 0.0492. The first-order valence-corrected chi connectivity index (χ1v) is 6.33. The predicted molar refractivity (Wildman–Crippen MR) is 67.3 cm³/mol. The second-order valence-electron chi connectivity index (χ2n) is 4.44. The fourth-order valence-electron chi connectivity index (χ4n) is 2.05. The molecule has 1 aliphatic rings. The highest BCUT2D eigenvalue weighted by atomic mass is 35.5. The SMILES string of the molecule is C[C@@H](NC(=O)c1ccc(F)cc1Cl)[C@H]1CCCO1. The maximum Gasteiger partial charge on any atom is 0.253 e. The van der Waals surface area contributed by atoms with Gasteiger partial charge < -0.3 is 10.1 Å². The molecule has 0 aromatic heterocycles. The third-order valence-electron chi connectivity index (χ3n) is 3.06. The molecule has 98 valence electrons. The summed E-state index contributed by atoms with van der Waals surface area (Å²) in [6.45, 7) is 2.63. The molecule has 1 aromatic rings. The second-order valence-corrected chi connectivity index (χ2v) is 4.84. The van der Waals surface area contributed by atoms with Gasteiger partial charge in [0.1, 0.15) is 5.82 Å². The molecule has 3 nitrogen and oxygen atoms in total. The molecule has 1 N–H and O–H groups in total. The Morgan fingerprint density at radius 2 is 2.39 bits per heavy atom. The second kappa shape index (κ2) is 5.67. The van der Waals surface area contributed by atoms with Gasteiger partial charge in [0.15, 0.2) is 0 Å². The summed E-state index contributed by atoms with van der Waals surface area (Å²) < 4.78 is 18.4. The fraction of sp³-hybridized carbons (Fsp3) is 0.462. The molecular formula is C13H15ClFNO2. The van der Waals surface area contributed by atoms with Gasteiger partial charge in [-0.25, -0.2) is 4.39 Å². The van der Waals surface area contributed by atoms with Crippen LogP contribution in [0.3, 0.4) is 0 Å². The smallest absolute Gasteiger partial charge is 0.253 e. The lowest BCUT2D eigenvalue weighted by Gasteiger charge is -2.20. The minimum Gasteiger partial charge on any atom is -0.376 e. The molecule has 0 radical (unpaired) electrons. The van der Waals surface area contributed by atoms with Crippen LogP contribution in [0.4, 0.5) is 4.39 Å². The number of benzene rings is 1. The molecular weight excluding hydrogens is 257 g/mol. The number of carbonyl (C=O) groups excluding carboxylic acids is 1. The predicted octanol–water partition coefficient (Wildman–Crippen LogP) is 2.78. The zero-order chi connectivity index (χ0) is 13.1. The molecule has 1 heterocycles. The van der Waals surface area contributed by atoms with Crippen molar-refractivity contribution >= 4 is 17.5 Å². The van der Waals surface area contributed by atoms with Gasteiger partial charge in [0.2, 0.25) is 0 Å². The Kier molecular flexibility index (Phi) is 4.19. The topological polar surface area (TPSA) is 38.3 Å². The molecule has 2 rings (SSSR count). The van der Waals surface area contributed by atoms with E-state index < -0.39 is 5.82 Å². The summed E-state index contributed by atoms with van der Waals surface area (Å²) in [7, 11) is 0. The van der Waals surface area contributed by atoms with Gasteiger partial charge in [-0.3, -0.25) is 4.79 Å². The van der Waals surface area contributed by atoms with Crippen LogP contribution in [-0.2, 0) is 4.74 Å². The molecule has 0 spiro atoms. The Morgan fingerprint density at radius 1 is 1.61 bits per heavy atom. The summed E-state index contributed by atoms with van der Waals surface area (Å²) in [5.74, 6) is -0.758. The lowest BCUT2D eigenvalue weighted by atomic mass is 10.1. The number of amides is 1. The Hall–Kier alpha value is -1.13. The highest BCUT2D eigenvalue weighted by Gasteiger charge is 2.24. The van der Waals surface area contributed by atoms with Crippen LogP contribution in [-0.4, -0.2) is 24.7 Å². The maximum absolute atomic E-state index is 12.9. The summed E-state index contributed by atoms with van der Waals surface area (Å²) in [5, 5.41) is 2.95. The third-order valence-corrected chi connectivity index (χ3v) is 3.37. The lowest BCUT2D eigenvalue weighted by molar-refractivity contribution is 0.0712. The van der Waals surface area contributed by atoms with E-state index in [1.807, 2.05) is 6.92 Å². The van der Waals surface area contributed by atoms with E-state index in [1.165, 1.54) is 12.1 Å². The summed E-state index contributed by atoms with van der Waals surface area (Å²) in [4.78, 5) is 12.0. The van der Waals surface area contributed by atoms with E-state index in [0.717, 1.165) is 25.5 Å². The molecule has 5 heteroatoms. The summed E-state index contributed by atoms with van der Waals surface area (Å²) >= 11 is 5.84. The molecule has 1 amide bonds. The molecule has 1 aromatic carbocycles. The Morgan fingerprint density at radius 3 is 3.00 bits per heavy atom. The number of ether oxygens (including phenoxy) is 1. The van der Waals surface area contributed by atoms with Crippen LogP contribution in [0.25, 0.3) is 0 Å². The quantitative estimate of drug-likeness (QED) is 0.918. The monoisotopic (exact) mass is 271 g/mol. The number of hydrogen-bond donors (Lipinski definition) is 1. The van der Waals surface area contributed by atoms with Crippen molar-refractivity contribution in [2.45, 2.75) is 31.9 Å². The van der Waals surface area contributed by atoms with Crippen LogP contribution in [0.1, 0.15) is 30.1 Å². The van der Waals surface area contributed by atoms with Crippen molar-refractivity contribution in [3.05, 3.63) is 34.6 Å². The van der Waals surface area contributed by atoms with Crippen LogP contribution >= 0.6 is 11.6 Å².